The van der Waals surface area contributed by atoms with E-state index < -0.39 is 0 Å². The third-order valence-corrected chi connectivity index (χ3v) is 3.73. The number of ether oxygens (including phenoxy) is 1. The van der Waals surface area contributed by atoms with E-state index in [0.29, 0.717) is 6.04 Å². The monoisotopic (exact) mass is 278 g/mol. The highest BCUT2D eigenvalue weighted by molar-refractivity contribution is 5.36. The third kappa shape index (κ3) is 5.14. The molecule has 1 rings (SSSR count). The normalized spacial score (nSPS) is 12.7. The molecule has 114 valence electrons. The average molecular weight is 278 g/mol. The van der Waals surface area contributed by atoms with Gasteiger partial charge in [-0.25, -0.2) is 0 Å². The first kappa shape index (κ1) is 17.0. The third-order valence-electron chi connectivity index (χ3n) is 3.73. The van der Waals surface area contributed by atoms with Gasteiger partial charge in [0, 0.05) is 11.6 Å². The number of hydrogen-bond donors (Lipinski definition) is 1. The summed E-state index contributed by atoms with van der Waals surface area (Å²) in [6.07, 6.45) is 2.14. The Morgan fingerprint density at radius 2 is 1.85 bits per heavy atom. The number of benzene rings is 1. The second-order valence-electron chi connectivity index (χ2n) is 5.04. The van der Waals surface area contributed by atoms with Gasteiger partial charge in [0.25, 0.3) is 0 Å². The van der Waals surface area contributed by atoms with Crippen molar-refractivity contribution >= 4 is 0 Å². The predicted octanol–water partition coefficient (Wildman–Crippen LogP) is 3.47. The Morgan fingerprint density at radius 1 is 1.15 bits per heavy atom. The quantitative estimate of drug-likeness (QED) is 0.709. The molecule has 1 aromatic rings. The van der Waals surface area contributed by atoms with Crippen molar-refractivity contribution in [3.8, 4) is 5.75 Å². The first-order chi connectivity index (χ1) is 9.76. The Hall–Kier alpha value is -1.06. The van der Waals surface area contributed by atoms with E-state index >= 15 is 0 Å². The molecule has 3 heteroatoms. The lowest BCUT2D eigenvalue weighted by molar-refractivity contribution is 0.278. The summed E-state index contributed by atoms with van der Waals surface area (Å²) >= 11 is 0. The van der Waals surface area contributed by atoms with Crippen LogP contribution in [0.4, 0.5) is 0 Å². The van der Waals surface area contributed by atoms with Crippen LogP contribution in [0.1, 0.15) is 45.2 Å². The Balaban J connectivity index is 2.73. The lowest BCUT2D eigenvalue weighted by atomic mass is 10.0. The molecule has 1 unspecified atom stereocenters. The molecule has 0 saturated carbocycles. The summed E-state index contributed by atoms with van der Waals surface area (Å²) in [4.78, 5) is 2.46. The summed E-state index contributed by atoms with van der Waals surface area (Å²) in [5, 5.41) is 3.43. The van der Waals surface area contributed by atoms with Crippen LogP contribution in [0.15, 0.2) is 24.3 Å². The SMILES string of the molecule is CCCOc1ccccc1C(CCN(CC)CC)NC. The van der Waals surface area contributed by atoms with E-state index in [1.807, 2.05) is 13.1 Å². The molecule has 0 fully saturated rings. The second-order valence-corrected chi connectivity index (χ2v) is 5.04. The Labute approximate surface area is 124 Å². The molecule has 0 radical (unpaired) electrons. The molecule has 0 bridgehead atoms. The van der Waals surface area contributed by atoms with Crippen molar-refractivity contribution in [1.29, 1.82) is 0 Å². The van der Waals surface area contributed by atoms with Crippen molar-refractivity contribution in [3.05, 3.63) is 29.8 Å². The van der Waals surface area contributed by atoms with E-state index in [9.17, 15) is 0 Å². The maximum Gasteiger partial charge on any atom is 0.124 e. The number of hydrogen-bond acceptors (Lipinski definition) is 3. The molecule has 0 aliphatic rings. The topological polar surface area (TPSA) is 24.5 Å². The summed E-state index contributed by atoms with van der Waals surface area (Å²) in [5.41, 5.74) is 1.27. The molecule has 3 nitrogen and oxygen atoms in total. The van der Waals surface area contributed by atoms with Crippen molar-refractivity contribution in [2.75, 3.05) is 33.3 Å². The number of nitrogens with zero attached hydrogens (tertiary/aromatic N) is 1. The van der Waals surface area contributed by atoms with Crippen molar-refractivity contribution in [1.82, 2.24) is 10.2 Å². The van der Waals surface area contributed by atoms with Gasteiger partial charge in [-0.1, -0.05) is 39.0 Å². The van der Waals surface area contributed by atoms with Crippen molar-refractivity contribution in [3.63, 3.8) is 0 Å². The molecule has 0 spiro atoms. The van der Waals surface area contributed by atoms with Gasteiger partial charge in [-0.3, -0.25) is 0 Å². The zero-order valence-electron chi connectivity index (χ0n) is 13.5. The van der Waals surface area contributed by atoms with Crippen LogP contribution < -0.4 is 10.1 Å². The van der Waals surface area contributed by atoms with E-state index in [1.165, 1.54) is 5.56 Å². The molecular formula is C17H30N2O. The first-order valence-electron chi connectivity index (χ1n) is 7.88. The molecule has 1 aromatic carbocycles. The Bertz CT molecular complexity index is 364. The van der Waals surface area contributed by atoms with E-state index in [0.717, 1.165) is 44.8 Å². The molecule has 1 atom stereocenters. The summed E-state index contributed by atoms with van der Waals surface area (Å²) in [7, 11) is 2.03. The minimum atomic E-state index is 0.351. The summed E-state index contributed by atoms with van der Waals surface area (Å²) < 4.78 is 5.87. The molecule has 0 aromatic heterocycles. The maximum atomic E-state index is 5.87. The standard InChI is InChI=1S/C17H30N2O/c1-5-14-20-17-11-9-8-10-15(17)16(18-4)12-13-19(6-2)7-3/h8-11,16,18H,5-7,12-14H2,1-4H3. The van der Waals surface area contributed by atoms with E-state index in [1.54, 1.807) is 0 Å². The predicted molar refractivity (Wildman–Crippen MR) is 86.4 cm³/mol. The van der Waals surface area contributed by atoms with Crippen LogP contribution in [0, 0.1) is 0 Å². The summed E-state index contributed by atoms with van der Waals surface area (Å²) in [6, 6.07) is 8.74. The van der Waals surface area contributed by atoms with Crippen LogP contribution in [0.25, 0.3) is 0 Å². The van der Waals surface area contributed by atoms with Crippen LogP contribution in [-0.4, -0.2) is 38.2 Å². The molecular weight excluding hydrogens is 248 g/mol. The minimum Gasteiger partial charge on any atom is -0.493 e. The minimum absolute atomic E-state index is 0.351. The van der Waals surface area contributed by atoms with Gasteiger partial charge < -0.3 is 15.0 Å². The van der Waals surface area contributed by atoms with Gasteiger partial charge in [0.05, 0.1) is 6.61 Å². The van der Waals surface area contributed by atoms with Crippen molar-refractivity contribution < 1.29 is 4.74 Å². The summed E-state index contributed by atoms with van der Waals surface area (Å²) in [5.74, 6) is 1.02. The van der Waals surface area contributed by atoms with Gasteiger partial charge in [0.1, 0.15) is 5.75 Å². The zero-order chi connectivity index (χ0) is 14.8. The van der Waals surface area contributed by atoms with Gasteiger partial charge in [0.15, 0.2) is 0 Å². The molecule has 0 amide bonds. The first-order valence-corrected chi connectivity index (χ1v) is 7.88. The van der Waals surface area contributed by atoms with Crippen molar-refractivity contribution in [2.45, 2.75) is 39.7 Å². The average Bonchev–Trinajstić information content (AvgIpc) is 2.50. The second kappa shape index (κ2) is 9.78. The fraction of sp³-hybridized carbons (Fsp3) is 0.647. The maximum absolute atomic E-state index is 5.87. The van der Waals surface area contributed by atoms with Gasteiger partial charge in [-0.2, -0.15) is 0 Å². The molecule has 0 aliphatic heterocycles. The molecule has 0 saturated heterocycles. The van der Waals surface area contributed by atoms with Gasteiger partial charge in [0.2, 0.25) is 0 Å². The Kier molecular flexibility index (Phi) is 8.31. The smallest absolute Gasteiger partial charge is 0.124 e. The van der Waals surface area contributed by atoms with Crippen LogP contribution >= 0.6 is 0 Å². The fourth-order valence-electron chi connectivity index (χ4n) is 2.42. The van der Waals surface area contributed by atoms with E-state index in [4.69, 9.17) is 4.74 Å². The van der Waals surface area contributed by atoms with Gasteiger partial charge >= 0.3 is 0 Å². The van der Waals surface area contributed by atoms with E-state index in [-0.39, 0.29) is 0 Å². The highest BCUT2D eigenvalue weighted by Gasteiger charge is 2.15. The van der Waals surface area contributed by atoms with E-state index in [2.05, 4.69) is 49.2 Å². The van der Waals surface area contributed by atoms with Gasteiger partial charge in [-0.15, -0.1) is 0 Å². The van der Waals surface area contributed by atoms with Crippen LogP contribution in [0.3, 0.4) is 0 Å². The van der Waals surface area contributed by atoms with Crippen molar-refractivity contribution in [2.24, 2.45) is 0 Å². The lowest BCUT2D eigenvalue weighted by Gasteiger charge is -2.24. The number of para-hydroxylation sites is 1. The molecule has 0 heterocycles. The van der Waals surface area contributed by atoms with Crippen LogP contribution in [-0.2, 0) is 0 Å². The zero-order valence-corrected chi connectivity index (χ0v) is 13.5. The highest BCUT2D eigenvalue weighted by atomic mass is 16.5. The molecule has 20 heavy (non-hydrogen) atoms. The van der Waals surface area contributed by atoms with Crippen LogP contribution in [0.5, 0.6) is 5.75 Å². The summed E-state index contributed by atoms with van der Waals surface area (Å²) in [6.45, 7) is 10.7. The lowest BCUT2D eigenvalue weighted by Crippen LogP contribution is -2.28. The number of nitrogens with one attached hydrogen (secondary N) is 1. The molecule has 0 aliphatic carbocycles. The Morgan fingerprint density at radius 3 is 2.45 bits per heavy atom. The highest BCUT2D eigenvalue weighted by Crippen LogP contribution is 2.27. The fourth-order valence-corrected chi connectivity index (χ4v) is 2.42. The largest absolute Gasteiger partial charge is 0.493 e. The number of rotatable bonds is 10. The van der Waals surface area contributed by atoms with Gasteiger partial charge in [-0.05, 0) is 45.6 Å². The van der Waals surface area contributed by atoms with Crippen LogP contribution in [0.2, 0.25) is 0 Å². The molecule has 1 N–H and O–H groups in total.